The van der Waals surface area contributed by atoms with E-state index in [1.54, 1.807) is 0 Å². The van der Waals surface area contributed by atoms with Crippen LogP contribution in [-0.4, -0.2) is 0 Å². The van der Waals surface area contributed by atoms with Crippen molar-refractivity contribution in [2.45, 2.75) is 13.8 Å². The molecule has 2 aromatic heterocycles. The zero-order valence-corrected chi connectivity index (χ0v) is 13.1. The van der Waals surface area contributed by atoms with Gasteiger partial charge in [-0.05, 0) is 71.0 Å². The third kappa shape index (κ3) is 1.80. The summed E-state index contributed by atoms with van der Waals surface area (Å²) >= 11 is 3.73. The Balaban J connectivity index is 1.98. The molecule has 2 aromatic carbocycles. The monoisotopic (exact) mass is 294 g/mol. The van der Waals surface area contributed by atoms with E-state index in [4.69, 9.17) is 0 Å². The minimum Gasteiger partial charge on any atom is -0.144 e. The van der Waals surface area contributed by atoms with Crippen LogP contribution in [0.25, 0.3) is 30.6 Å². The molecule has 0 spiro atoms. The van der Waals surface area contributed by atoms with E-state index >= 15 is 0 Å². The minimum absolute atomic E-state index is 1.35. The molecule has 2 heterocycles. The maximum absolute atomic E-state index is 2.33. The molecule has 0 radical (unpaired) electrons. The van der Waals surface area contributed by atoms with Gasteiger partial charge in [0.2, 0.25) is 0 Å². The number of rotatable bonds is 1. The largest absolute Gasteiger partial charge is 0.144 e. The van der Waals surface area contributed by atoms with Gasteiger partial charge in [-0.25, -0.2) is 0 Å². The molecule has 4 rings (SSSR count). The lowest BCUT2D eigenvalue weighted by molar-refractivity contribution is 1.55. The van der Waals surface area contributed by atoms with Crippen LogP contribution in [0, 0.1) is 13.8 Å². The molecule has 0 aliphatic heterocycles. The lowest BCUT2D eigenvalue weighted by Crippen LogP contribution is -1.77. The van der Waals surface area contributed by atoms with Crippen molar-refractivity contribution in [3.63, 3.8) is 0 Å². The summed E-state index contributed by atoms with van der Waals surface area (Å²) in [5.74, 6) is 0. The highest BCUT2D eigenvalue weighted by Gasteiger charge is 2.08. The molecule has 0 aliphatic rings. The first-order valence-electron chi connectivity index (χ1n) is 6.70. The van der Waals surface area contributed by atoms with E-state index in [-0.39, 0.29) is 0 Å². The van der Waals surface area contributed by atoms with Gasteiger partial charge in [-0.2, -0.15) is 0 Å². The van der Waals surface area contributed by atoms with Crippen molar-refractivity contribution in [1.82, 2.24) is 0 Å². The molecule has 20 heavy (non-hydrogen) atoms. The predicted molar refractivity (Wildman–Crippen MR) is 92.1 cm³/mol. The Labute approximate surface area is 126 Å². The number of benzene rings is 2. The Morgan fingerprint density at radius 2 is 1.80 bits per heavy atom. The summed E-state index contributed by atoms with van der Waals surface area (Å²) < 4.78 is 2.79. The van der Waals surface area contributed by atoms with Crippen LogP contribution < -0.4 is 0 Å². The van der Waals surface area contributed by atoms with Gasteiger partial charge in [-0.3, -0.25) is 0 Å². The molecular weight excluding hydrogens is 280 g/mol. The number of thiophene rings is 2. The van der Waals surface area contributed by atoms with Gasteiger partial charge in [0.15, 0.2) is 0 Å². The van der Waals surface area contributed by atoms with Crippen molar-refractivity contribution < 1.29 is 0 Å². The van der Waals surface area contributed by atoms with E-state index in [1.807, 2.05) is 22.7 Å². The molecule has 0 saturated carbocycles. The summed E-state index contributed by atoms with van der Waals surface area (Å²) in [6.45, 7) is 4.40. The summed E-state index contributed by atoms with van der Waals surface area (Å²) in [4.78, 5) is 1.37. The molecule has 0 bridgehead atoms. The fraction of sp³-hybridized carbons (Fsp3) is 0.111. The van der Waals surface area contributed by atoms with E-state index < -0.39 is 0 Å². The van der Waals surface area contributed by atoms with Gasteiger partial charge < -0.3 is 0 Å². The van der Waals surface area contributed by atoms with Crippen molar-refractivity contribution in [3.05, 3.63) is 59.0 Å². The standard InChI is InChI=1S/C18H14S2/c1-11-4-3-5-13-9-16(20-18(11)13)14-8-12(2)15-6-7-19-17(15)10-14/h3-10H,1-2H3. The second-order valence-corrected chi connectivity index (χ2v) is 7.23. The molecule has 98 valence electrons. The molecule has 0 unspecified atom stereocenters. The van der Waals surface area contributed by atoms with Crippen molar-refractivity contribution in [2.24, 2.45) is 0 Å². The zero-order chi connectivity index (χ0) is 13.7. The zero-order valence-electron chi connectivity index (χ0n) is 11.4. The van der Waals surface area contributed by atoms with Crippen molar-refractivity contribution in [2.75, 3.05) is 0 Å². The topological polar surface area (TPSA) is 0 Å². The van der Waals surface area contributed by atoms with Gasteiger partial charge in [-0.15, -0.1) is 22.7 Å². The Morgan fingerprint density at radius 1 is 0.900 bits per heavy atom. The average Bonchev–Trinajstić information content (AvgIpc) is 3.04. The van der Waals surface area contributed by atoms with Crippen LogP contribution >= 0.6 is 22.7 Å². The SMILES string of the molecule is Cc1cc(-c2cc3cccc(C)c3s2)cc2sccc12. The van der Waals surface area contributed by atoms with E-state index in [9.17, 15) is 0 Å². The maximum Gasteiger partial charge on any atom is 0.0378 e. The number of hydrogen-bond donors (Lipinski definition) is 0. The molecule has 0 fully saturated rings. The van der Waals surface area contributed by atoms with Gasteiger partial charge in [0.1, 0.15) is 0 Å². The van der Waals surface area contributed by atoms with Crippen LogP contribution in [0.2, 0.25) is 0 Å². The van der Waals surface area contributed by atoms with Gasteiger partial charge in [-0.1, -0.05) is 18.2 Å². The molecule has 4 aromatic rings. The van der Waals surface area contributed by atoms with E-state index in [0.717, 1.165) is 0 Å². The van der Waals surface area contributed by atoms with Gasteiger partial charge in [0, 0.05) is 14.3 Å². The van der Waals surface area contributed by atoms with Crippen LogP contribution in [0.3, 0.4) is 0 Å². The number of hydrogen-bond acceptors (Lipinski definition) is 2. The smallest absolute Gasteiger partial charge is 0.0378 e. The molecule has 2 heteroatoms. The van der Waals surface area contributed by atoms with E-state index in [1.165, 1.54) is 41.7 Å². The molecule has 0 N–H and O–H groups in total. The lowest BCUT2D eigenvalue weighted by Gasteiger charge is -2.01. The fourth-order valence-electron chi connectivity index (χ4n) is 2.75. The van der Waals surface area contributed by atoms with Crippen molar-refractivity contribution in [3.8, 4) is 10.4 Å². The Kier molecular flexibility index (Phi) is 2.69. The number of fused-ring (bicyclic) bond motifs is 2. The molecule has 0 nitrogen and oxygen atoms in total. The normalized spacial score (nSPS) is 11.5. The van der Waals surface area contributed by atoms with Crippen molar-refractivity contribution >= 4 is 42.8 Å². The third-order valence-corrected chi connectivity index (χ3v) is 6.00. The van der Waals surface area contributed by atoms with E-state index in [0.29, 0.717) is 0 Å². The first-order valence-corrected chi connectivity index (χ1v) is 8.39. The first kappa shape index (κ1) is 12.1. The van der Waals surface area contributed by atoms with E-state index in [2.05, 4.69) is 61.7 Å². The molecule has 0 amide bonds. The molecule has 0 aliphatic carbocycles. The van der Waals surface area contributed by atoms with Crippen LogP contribution in [0.5, 0.6) is 0 Å². The second-order valence-electron chi connectivity index (χ2n) is 5.23. The van der Waals surface area contributed by atoms with Gasteiger partial charge >= 0.3 is 0 Å². The summed E-state index contributed by atoms with van der Waals surface area (Å²) in [5.41, 5.74) is 4.08. The van der Waals surface area contributed by atoms with Gasteiger partial charge in [0.25, 0.3) is 0 Å². The van der Waals surface area contributed by atoms with Crippen molar-refractivity contribution in [1.29, 1.82) is 0 Å². The fourth-order valence-corrected chi connectivity index (χ4v) is 4.76. The highest BCUT2D eigenvalue weighted by molar-refractivity contribution is 7.22. The average molecular weight is 294 g/mol. The highest BCUT2D eigenvalue weighted by atomic mass is 32.1. The number of aryl methyl sites for hydroxylation is 2. The third-order valence-electron chi connectivity index (χ3n) is 3.80. The Hall–Kier alpha value is -1.64. The van der Waals surface area contributed by atoms with Crippen LogP contribution in [0.15, 0.2) is 47.8 Å². The van der Waals surface area contributed by atoms with Crippen LogP contribution in [0.4, 0.5) is 0 Å². The summed E-state index contributed by atoms with van der Waals surface area (Å²) in [6.07, 6.45) is 0. The highest BCUT2D eigenvalue weighted by Crippen LogP contribution is 2.38. The van der Waals surface area contributed by atoms with Crippen LogP contribution in [0.1, 0.15) is 11.1 Å². The Bertz CT molecular complexity index is 925. The molecule has 0 atom stereocenters. The van der Waals surface area contributed by atoms with Gasteiger partial charge in [0.05, 0.1) is 0 Å². The lowest BCUT2D eigenvalue weighted by atomic mass is 10.1. The Morgan fingerprint density at radius 3 is 2.65 bits per heavy atom. The second kappa shape index (κ2) is 4.44. The molecular formula is C18H14S2. The summed E-state index contributed by atoms with van der Waals surface area (Å²) in [5, 5.41) is 4.92. The summed E-state index contributed by atoms with van der Waals surface area (Å²) in [6, 6.07) is 15.7. The predicted octanol–water partition coefficient (Wildman–Crippen LogP) is 6.40. The summed E-state index contributed by atoms with van der Waals surface area (Å²) in [7, 11) is 0. The first-order chi connectivity index (χ1) is 9.72. The minimum atomic E-state index is 1.35. The molecule has 0 saturated heterocycles. The maximum atomic E-state index is 2.33. The van der Waals surface area contributed by atoms with Crippen LogP contribution in [-0.2, 0) is 0 Å². The quantitative estimate of drug-likeness (QED) is 0.381.